The molecule has 26 heavy (non-hydrogen) atoms. The van der Waals surface area contributed by atoms with Crippen molar-refractivity contribution in [3.8, 4) is 0 Å². The number of amides is 3. The summed E-state index contributed by atoms with van der Waals surface area (Å²) in [5.41, 5.74) is 0.224. The van der Waals surface area contributed by atoms with Crippen LogP contribution in [0.3, 0.4) is 0 Å². The third-order valence-corrected chi connectivity index (χ3v) is 5.16. The summed E-state index contributed by atoms with van der Waals surface area (Å²) in [6, 6.07) is 8.91. The number of carbonyl (C=O) groups excluding carboxylic acids is 3. The Labute approximate surface area is 164 Å². The third-order valence-electron chi connectivity index (χ3n) is 3.07. The van der Waals surface area contributed by atoms with E-state index in [2.05, 4.69) is 15.4 Å². The second-order valence-electron chi connectivity index (χ2n) is 4.94. The predicted octanol–water partition coefficient (Wildman–Crippen LogP) is 4.41. The molecule has 2 rings (SSSR count). The smallest absolute Gasteiger partial charge is 0.414 e. The molecule has 0 aliphatic rings. The summed E-state index contributed by atoms with van der Waals surface area (Å²) >= 11 is 8.58. The van der Waals surface area contributed by atoms with E-state index in [1.807, 2.05) is 12.1 Å². The lowest BCUT2D eigenvalue weighted by Crippen LogP contribution is -2.31. The molecule has 1 heterocycles. The van der Waals surface area contributed by atoms with Gasteiger partial charge < -0.3 is 10.1 Å². The van der Waals surface area contributed by atoms with E-state index >= 15 is 0 Å². The number of anilines is 1. The van der Waals surface area contributed by atoms with Crippen molar-refractivity contribution in [3.05, 3.63) is 46.3 Å². The van der Waals surface area contributed by atoms with Crippen LogP contribution < -0.4 is 10.6 Å². The van der Waals surface area contributed by atoms with Gasteiger partial charge in [-0.25, -0.2) is 4.79 Å². The van der Waals surface area contributed by atoms with Gasteiger partial charge in [-0.2, -0.15) is 0 Å². The Morgan fingerprint density at radius 1 is 1.19 bits per heavy atom. The van der Waals surface area contributed by atoms with E-state index in [9.17, 15) is 14.4 Å². The van der Waals surface area contributed by atoms with Gasteiger partial charge in [0.25, 0.3) is 5.91 Å². The fourth-order valence-electron chi connectivity index (χ4n) is 1.89. The summed E-state index contributed by atoms with van der Waals surface area (Å²) < 4.78 is 4.67. The largest absolute Gasteiger partial charge is 0.450 e. The molecule has 1 aromatic carbocycles. The highest BCUT2D eigenvalue weighted by Crippen LogP contribution is 2.24. The number of hydrogen-bond acceptors (Lipinski definition) is 6. The monoisotopic (exact) mass is 412 g/mol. The van der Waals surface area contributed by atoms with E-state index in [0.29, 0.717) is 15.8 Å². The molecule has 0 saturated carbocycles. The Morgan fingerprint density at radius 2 is 1.92 bits per heavy atom. The SMILES string of the molecule is CCOC(=O)NC(=O)c1ccsc1NC(=O)CCSc1ccc(Cl)cc1. The van der Waals surface area contributed by atoms with Crippen LogP contribution in [0.2, 0.25) is 5.02 Å². The molecule has 6 nitrogen and oxygen atoms in total. The maximum Gasteiger partial charge on any atom is 0.414 e. The number of carbonyl (C=O) groups is 3. The molecule has 0 radical (unpaired) electrons. The normalized spacial score (nSPS) is 10.2. The van der Waals surface area contributed by atoms with Gasteiger partial charge in [-0.1, -0.05) is 11.6 Å². The zero-order valence-electron chi connectivity index (χ0n) is 13.9. The summed E-state index contributed by atoms with van der Waals surface area (Å²) in [5.74, 6) is -0.238. The van der Waals surface area contributed by atoms with Crippen molar-refractivity contribution in [2.75, 3.05) is 17.7 Å². The van der Waals surface area contributed by atoms with Gasteiger partial charge in [0.1, 0.15) is 5.00 Å². The van der Waals surface area contributed by atoms with Crippen LogP contribution in [-0.2, 0) is 9.53 Å². The molecule has 0 spiro atoms. The molecule has 1 aromatic heterocycles. The van der Waals surface area contributed by atoms with Crippen LogP contribution in [0.25, 0.3) is 0 Å². The molecule has 2 N–H and O–H groups in total. The van der Waals surface area contributed by atoms with Crippen molar-refractivity contribution in [2.24, 2.45) is 0 Å². The number of benzene rings is 1. The topological polar surface area (TPSA) is 84.5 Å². The number of alkyl carbamates (subject to hydrolysis) is 1. The zero-order valence-corrected chi connectivity index (χ0v) is 16.3. The van der Waals surface area contributed by atoms with E-state index in [0.717, 1.165) is 4.90 Å². The van der Waals surface area contributed by atoms with E-state index in [4.69, 9.17) is 11.6 Å². The summed E-state index contributed by atoms with van der Waals surface area (Å²) in [6.45, 7) is 1.81. The first-order valence-electron chi connectivity index (χ1n) is 7.73. The first-order chi connectivity index (χ1) is 12.5. The van der Waals surface area contributed by atoms with Crippen molar-refractivity contribution >= 4 is 57.6 Å². The molecular weight excluding hydrogens is 396 g/mol. The maximum absolute atomic E-state index is 12.1. The molecule has 0 aliphatic carbocycles. The maximum atomic E-state index is 12.1. The van der Waals surface area contributed by atoms with E-state index in [1.165, 1.54) is 29.2 Å². The minimum Gasteiger partial charge on any atom is -0.450 e. The summed E-state index contributed by atoms with van der Waals surface area (Å²) in [7, 11) is 0. The van der Waals surface area contributed by atoms with E-state index < -0.39 is 12.0 Å². The molecule has 0 saturated heterocycles. The fourth-order valence-corrected chi connectivity index (χ4v) is 3.67. The standard InChI is InChI=1S/C17H17ClN2O4S2/c1-2-24-17(23)20-15(22)13-7-9-26-16(13)19-14(21)8-10-25-12-5-3-11(18)4-6-12/h3-7,9H,2,8,10H2,1H3,(H,19,21)(H,20,22,23). The van der Waals surface area contributed by atoms with Gasteiger partial charge in [0, 0.05) is 22.1 Å². The van der Waals surface area contributed by atoms with Crippen LogP contribution in [0.1, 0.15) is 23.7 Å². The van der Waals surface area contributed by atoms with Crippen molar-refractivity contribution < 1.29 is 19.1 Å². The lowest BCUT2D eigenvalue weighted by atomic mass is 10.3. The minimum absolute atomic E-state index is 0.164. The molecule has 9 heteroatoms. The van der Waals surface area contributed by atoms with Crippen LogP contribution in [0.5, 0.6) is 0 Å². The highest BCUT2D eigenvalue weighted by molar-refractivity contribution is 7.99. The Hall–Kier alpha value is -2.03. The summed E-state index contributed by atoms with van der Waals surface area (Å²) in [4.78, 5) is 36.5. The second kappa shape index (κ2) is 10.2. The number of ether oxygens (including phenoxy) is 1. The molecular formula is C17H17ClN2O4S2. The number of thioether (sulfide) groups is 1. The third kappa shape index (κ3) is 6.36. The fraction of sp³-hybridized carbons (Fsp3) is 0.235. The van der Waals surface area contributed by atoms with Crippen LogP contribution >= 0.6 is 34.7 Å². The number of rotatable bonds is 7. The summed E-state index contributed by atoms with van der Waals surface area (Å²) in [6.07, 6.45) is -0.537. The molecule has 0 unspecified atom stereocenters. The number of imide groups is 1. The second-order valence-corrected chi connectivity index (χ2v) is 7.46. The first-order valence-corrected chi connectivity index (χ1v) is 9.97. The van der Waals surface area contributed by atoms with Crippen molar-refractivity contribution in [3.63, 3.8) is 0 Å². The van der Waals surface area contributed by atoms with Crippen molar-refractivity contribution in [1.82, 2.24) is 5.32 Å². The zero-order chi connectivity index (χ0) is 18.9. The van der Waals surface area contributed by atoms with Gasteiger partial charge in [-0.3, -0.25) is 14.9 Å². The van der Waals surface area contributed by atoms with Gasteiger partial charge in [0.05, 0.1) is 12.2 Å². The highest BCUT2D eigenvalue weighted by Gasteiger charge is 2.17. The highest BCUT2D eigenvalue weighted by atomic mass is 35.5. The Kier molecular flexibility index (Phi) is 7.96. The van der Waals surface area contributed by atoms with E-state index in [-0.39, 0.29) is 24.5 Å². The van der Waals surface area contributed by atoms with Gasteiger partial charge in [0.2, 0.25) is 5.91 Å². The van der Waals surface area contributed by atoms with Gasteiger partial charge in [0.15, 0.2) is 0 Å². The molecule has 0 fully saturated rings. The first kappa shape index (κ1) is 20.3. The van der Waals surface area contributed by atoms with Crippen molar-refractivity contribution in [1.29, 1.82) is 0 Å². The Balaban J connectivity index is 1.83. The Morgan fingerprint density at radius 3 is 2.62 bits per heavy atom. The van der Waals surface area contributed by atoms with Crippen LogP contribution in [-0.4, -0.2) is 30.3 Å². The number of thiophene rings is 1. The molecule has 138 valence electrons. The molecule has 0 aliphatic heterocycles. The van der Waals surface area contributed by atoms with Crippen LogP contribution in [0, 0.1) is 0 Å². The lowest BCUT2D eigenvalue weighted by Gasteiger charge is -2.07. The summed E-state index contributed by atoms with van der Waals surface area (Å²) in [5, 5.41) is 7.54. The van der Waals surface area contributed by atoms with Crippen LogP contribution in [0.15, 0.2) is 40.6 Å². The molecule has 0 bridgehead atoms. The minimum atomic E-state index is -0.819. The average Bonchev–Trinajstić information content (AvgIpc) is 3.05. The number of hydrogen-bond donors (Lipinski definition) is 2. The number of nitrogens with one attached hydrogen (secondary N) is 2. The molecule has 3 amide bonds. The van der Waals surface area contributed by atoms with Crippen molar-refractivity contribution in [2.45, 2.75) is 18.2 Å². The quantitative estimate of drug-likeness (QED) is 0.658. The van der Waals surface area contributed by atoms with Crippen LogP contribution in [0.4, 0.5) is 9.80 Å². The van der Waals surface area contributed by atoms with Gasteiger partial charge in [-0.05, 0) is 42.6 Å². The average molecular weight is 413 g/mol. The Bertz CT molecular complexity index is 777. The van der Waals surface area contributed by atoms with Gasteiger partial charge in [-0.15, -0.1) is 23.1 Å². The lowest BCUT2D eigenvalue weighted by molar-refractivity contribution is -0.115. The number of halogens is 1. The van der Waals surface area contributed by atoms with E-state index in [1.54, 1.807) is 24.4 Å². The van der Waals surface area contributed by atoms with Gasteiger partial charge >= 0.3 is 6.09 Å². The molecule has 0 atom stereocenters. The predicted molar refractivity (Wildman–Crippen MR) is 104 cm³/mol. The molecule has 2 aromatic rings.